The van der Waals surface area contributed by atoms with Gasteiger partial charge in [0.15, 0.2) is 0 Å². The highest BCUT2D eigenvalue weighted by atomic mass is 19.4. The van der Waals surface area contributed by atoms with Gasteiger partial charge in [0, 0.05) is 53.7 Å². The predicted octanol–water partition coefficient (Wildman–Crippen LogP) is 7.36. The van der Waals surface area contributed by atoms with Gasteiger partial charge in [-0.15, -0.1) is 0 Å². The Morgan fingerprint density at radius 3 is 2.36 bits per heavy atom. The van der Waals surface area contributed by atoms with Crippen molar-refractivity contribution >= 4 is 16.6 Å². The molecule has 2 aliphatic heterocycles. The first kappa shape index (κ1) is 27.6. The van der Waals surface area contributed by atoms with Gasteiger partial charge >= 0.3 is 12.1 Å². The molecule has 3 aromatic rings. The summed E-state index contributed by atoms with van der Waals surface area (Å²) in [5.74, 6) is -4.14. The molecule has 210 valence electrons. The van der Waals surface area contributed by atoms with Crippen molar-refractivity contribution in [2.75, 3.05) is 31.5 Å². The van der Waals surface area contributed by atoms with E-state index in [2.05, 4.69) is 22.1 Å². The van der Waals surface area contributed by atoms with Crippen LogP contribution in [0.3, 0.4) is 0 Å². The van der Waals surface area contributed by atoms with Gasteiger partial charge < -0.3 is 10.3 Å². The lowest BCUT2D eigenvalue weighted by molar-refractivity contribution is -0.289. The zero-order chi connectivity index (χ0) is 27.9. The summed E-state index contributed by atoms with van der Waals surface area (Å²) in [5.41, 5.74) is 5.07. The van der Waals surface area contributed by atoms with Gasteiger partial charge in [-0.1, -0.05) is 43.3 Å². The van der Waals surface area contributed by atoms with Gasteiger partial charge in [-0.05, 0) is 61.9 Å². The monoisotopic (exact) mass is 546 g/mol. The summed E-state index contributed by atoms with van der Waals surface area (Å²) in [6.07, 6.45) is -2.54. The van der Waals surface area contributed by atoms with Gasteiger partial charge in [0.2, 0.25) is 0 Å². The molecule has 1 saturated heterocycles. The summed E-state index contributed by atoms with van der Waals surface area (Å²) in [6.45, 7) is 7.45. The molecule has 3 heterocycles. The second-order valence-corrected chi connectivity index (χ2v) is 11.1. The summed E-state index contributed by atoms with van der Waals surface area (Å²) in [5, 5.41) is 4.41. The number of hydrogen-bond donors (Lipinski definition) is 2. The van der Waals surface area contributed by atoms with Crippen LogP contribution in [0, 0.1) is 5.92 Å². The quantitative estimate of drug-likeness (QED) is 0.304. The molecule has 1 aromatic heterocycles. The van der Waals surface area contributed by atoms with Crippen molar-refractivity contribution in [1.82, 2.24) is 14.8 Å². The summed E-state index contributed by atoms with van der Waals surface area (Å²) < 4.78 is 69.1. The molecular formula is C30H35F5N4. The molecule has 2 aliphatic rings. The Hall–Kier alpha value is -2.91. The SMILES string of the molecule is C/C=C(/CN1CC(C)C1)Nc1ccc([C@@H]2c3[nH]c4ccccc4c3CC[C@@H](C)N2CC(F)(F)C(F)(F)F)cc1. The number of H-pyrrole nitrogens is 1. The van der Waals surface area contributed by atoms with E-state index in [-0.39, 0.29) is 0 Å². The van der Waals surface area contributed by atoms with Crippen molar-refractivity contribution < 1.29 is 22.0 Å². The maximum absolute atomic E-state index is 14.5. The van der Waals surface area contributed by atoms with Crippen LogP contribution in [0.5, 0.6) is 0 Å². The van der Waals surface area contributed by atoms with E-state index < -0.39 is 30.7 Å². The summed E-state index contributed by atoms with van der Waals surface area (Å²) >= 11 is 0. The Balaban J connectivity index is 1.50. The number of anilines is 1. The molecule has 39 heavy (non-hydrogen) atoms. The molecule has 0 saturated carbocycles. The van der Waals surface area contributed by atoms with Crippen molar-refractivity contribution in [3.63, 3.8) is 0 Å². The molecule has 4 nitrogen and oxygen atoms in total. The minimum atomic E-state index is -5.63. The molecule has 0 radical (unpaired) electrons. The van der Waals surface area contributed by atoms with Crippen LogP contribution in [-0.2, 0) is 6.42 Å². The molecule has 0 spiro atoms. The van der Waals surface area contributed by atoms with E-state index >= 15 is 0 Å². The van der Waals surface area contributed by atoms with Crippen LogP contribution in [0.1, 0.15) is 50.1 Å². The second-order valence-electron chi connectivity index (χ2n) is 11.1. The number of halogens is 5. The number of hydrogen-bond acceptors (Lipinski definition) is 3. The zero-order valence-electron chi connectivity index (χ0n) is 22.5. The number of rotatable bonds is 7. The normalized spacial score (nSPS) is 22.0. The number of para-hydroxylation sites is 1. The van der Waals surface area contributed by atoms with Gasteiger partial charge in [0.1, 0.15) is 0 Å². The van der Waals surface area contributed by atoms with Crippen molar-refractivity contribution in [3.05, 3.63) is 77.1 Å². The maximum atomic E-state index is 14.5. The third kappa shape index (κ3) is 5.57. The highest BCUT2D eigenvalue weighted by Gasteiger charge is 2.59. The largest absolute Gasteiger partial charge is 0.454 e. The van der Waals surface area contributed by atoms with Crippen LogP contribution in [0.25, 0.3) is 10.9 Å². The van der Waals surface area contributed by atoms with Crippen LogP contribution in [0.4, 0.5) is 27.6 Å². The fourth-order valence-electron chi connectivity index (χ4n) is 5.92. The van der Waals surface area contributed by atoms with Gasteiger partial charge in [-0.2, -0.15) is 22.0 Å². The molecule has 2 atom stereocenters. The summed E-state index contributed by atoms with van der Waals surface area (Å²) in [6, 6.07) is 13.8. The minimum absolute atomic E-state index is 0.471. The molecule has 2 aromatic carbocycles. The fourth-order valence-corrected chi connectivity index (χ4v) is 5.92. The predicted molar refractivity (Wildman–Crippen MR) is 145 cm³/mol. The molecule has 9 heteroatoms. The van der Waals surface area contributed by atoms with Crippen LogP contribution >= 0.6 is 0 Å². The minimum Gasteiger partial charge on any atom is -0.358 e. The molecule has 0 bridgehead atoms. The standard InChI is InChI=1S/C30H35F5N4/c1-4-22(17-38-15-19(2)16-38)36-23-12-10-21(11-13-23)28-27-25(24-7-5-6-8-26(24)37-27)14-9-20(3)39(28)18-29(31,32)30(33,34)35/h4-8,10-13,19-20,28,36-37H,9,14-18H2,1-3H3/b22-4-/t20-,28-/m1/s1. The van der Waals surface area contributed by atoms with Crippen LogP contribution in [0.2, 0.25) is 0 Å². The highest BCUT2D eigenvalue weighted by molar-refractivity contribution is 5.85. The summed E-state index contributed by atoms with van der Waals surface area (Å²) in [7, 11) is 0. The first-order valence-electron chi connectivity index (χ1n) is 13.5. The second kappa shape index (κ2) is 10.6. The molecule has 0 amide bonds. The fraction of sp³-hybridized carbons (Fsp3) is 0.467. The van der Waals surface area contributed by atoms with E-state index in [4.69, 9.17) is 0 Å². The van der Waals surface area contributed by atoms with E-state index in [1.54, 1.807) is 6.92 Å². The van der Waals surface area contributed by atoms with Gasteiger partial charge in [0.25, 0.3) is 0 Å². The van der Waals surface area contributed by atoms with Crippen molar-refractivity contribution in [2.24, 2.45) is 5.92 Å². The zero-order valence-corrected chi connectivity index (χ0v) is 22.5. The van der Waals surface area contributed by atoms with Crippen LogP contribution in [0.15, 0.2) is 60.3 Å². The Kier molecular flexibility index (Phi) is 7.50. The molecule has 0 unspecified atom stereocenters. The van der Waals surface area contributed by atoms with E-state index in [9.17, 15) is 22.0 Å². The number of nitrogens with one attached hydrogen (secondary N) is 2. The highest BCUT2D eigenvalue weighted by Crippen LogP contribution is 2.44. The molecule has 5 rings (SSSR count). The van der Waals surface area contributed by atoms with Gasteiger partial charge in [-0.25, -0.2) is 0 Å². The molecular weight excluding hydrogens is 511 g/mol. The molecule has 2 N–H and O–H groups in total. The average Bonchev–Trinajstić information content (AvgIpc) is 3.17. The first-order chi connectivity index (χ1) is 18.5. The summed E-state index contributed by atoms with van der Waals surface area (Å²) in [4.78, 5) is 7.05. The first-order valence-corrected chi connectivity index (χ1v) is 13.5. The smallest absolute Gasteiger partial charge is 0.358 e. The third-order valence-electron chi connectivity index (χ3n) is 8.04. The Morgan fingerprint density at radius 1 is 1.03 bits per heavy atom. The number of fused-ring (bicyclic) bond motifs is 3. The van der Waals surface area contributed by atoms with Crippen LogP contribution in [-0.4, -0.2) is 59.1 Å². The van der Waals surface area contributed by atoms with E-state index in [1.807, 2.05) is 61.5 Å². The van der Waals surface area contributed by atoms with E-state index in [1.165, 1.54) is 4.90 Å². The average molecular weight is 547 g/mol. The van der Waals surface area contributed by atoms with Crippen molar-refractivity contribution in [1.29, 1.82) is 0 Å². The number of aryl methyl sites for hydroxylation is 1. The number of nitrogens with zero attached hydrogens (tertiary/aromatic N) is 2. The molecule has 0 aliphatic carbocycles. The number of alkyl halides is 5. The lowest BCUT2D eigenvalue weighted by Gasteiger charge is -2.38. The Bertz CT molecular complexity index is 1320. The number of aromatic amines is 1. The van der Waals surface area contributed by atoms with Gasteiger partial charge in [0.05, 0.1) is 12.6 Å². The van der Waals surface area contributed by atoms with Crippen molar-refractivity contribution in [2.45, 2.75) is 57.8 Å². The number of allylic oxidation sites excluding steroid dienone is 1. The number of benzene rings is 2. The number of aromatic nitrogens is 1. The Labute approximate surface area is 225 Å². The number of likely N-dealkylation sites (tertiary alicyclic amines) is 1. The maximum Gasteiger partial charge on any atom is 0.454 e. The third-order valence-corrected chi connectivity index (χ3v) is 8.04. The molecule has 1 fully saturated rings. The topological polar surface area (TPSA) is 34.3 Å². The van der Waals surface area contributed by atoms with Crippen LogP contribution < -0.4 is 5.32 Å². The van der Waals surface area contributed by atoms with E-state index in [0.29, 0.717) is 30.0 Å². The van der Waals surface area contributed by atoms with Gasteiger partial charge in [-0.3, -0.25) is 9.80 Å². The lowest BCUT2D eigenvalue weighted by Crippen LogP contribution is -2.50. The lowest BCUT2D eigenvalue weighted by atomic mass is 9.97. The van der Waals surface area contributed by atoms with E-state index in [0.717, 1.165) is 47.5 Å². The Morgan fingerprint density at radius 2 is 1.72 bits per heavy atom. The van der Waals surface area contributed by atoms with Crippen molar-refractivity contribution in [3.8, 4) is 0 Å².